The topological polar surface area (TPSA) is 54.7 Å². The molecule has 1 atom stereocenters. The van der Waals surface area contributed by atoms with Crippen LogP contribution in [0.15, 0.2) is 46.9 Å². The third-order valence-corrected chi connectivity index (χ3v) is 3.87. The van der Waals surface area contributed by atoms with Crippen LogP contribution in [0.2, 0.25) is 0 Å². The molecule has 1 aromatic carbocycles. The lowest BCUT2D eigenvalue weighted by atomic mass is 10.2. The standard InChI is InChI=1S/C17H20N2O3/c1-18-17(20)15-8-5-11-19(15)12-14-9-10-16(22-14)21-13-6-3-2-4-7-13/h2-4,6-7,9-10,15H,5,8,11-12H2,1H3,(H,18,20)/t15-/m0/s1. The molecule has 0 saturated carbocycles. The molecule has 1 fully saturated rings. The smallest absolute Gasteiger partial charge is 0.290 e. The van der Waals surface area contributed by atoms with E-state index in [2.05, 4.69) is 10.2 Å². The van der Waals surface area contributed by atoms with Crippen molar-refractivity contribution < 1.29 is 13.9 Å². The molecule has 0 bridgehead atoms. The van der Waals surface area contributed by atoms with Crippen LogP contribution in [-0.2, 0) is 11.3 Å². The average Bonchev–Trinajstić information content (AvgIpc) is 3.18. The lowest BCUT2D eigenvalue weighted by Crippen LogP contribution is -2.41. The van der Waals surface area contributed by atoms with Gasteiger partial charge in [0.1, 0.15) is 11.5 Å². The van der Waals surface area contributed by atoms with Crippen LogP contribution in [0.4, 0.5) is 0 Å². The van der Waals surface area contributed by atoms with Gasteiger partial charge >= 0.3 is 0 Å². The van der Waals surface area contributed by atoms with Crippen molar-refractivity contribution in [3.63, 3.8) is 0 Å². The second-order valence-electron chi connectivity index (χ2n) is 5.38. The van der Waals surface area contributed by atoms with Gasteiger partial charge in [-0.15, -0.1) is 0 Å². The summed E-state index contributed by atoms with van der Waals surface area (Å²) in [5, 5.41) is 2.72. The molecule has 1 amide bonds. The predicted molar refractivity (Wildman–Crippen MR) is 82.7 cm³/mol. The normalized spacial score (nSPS) is 18.3. The van der Waals surface area contributed by atoms with Crippen molar-refractivity contribution in [2.24, 2.45) is 0 Å². The highest BCUT2D eigenvalue weighted by molar-refractivity contribution is 5.81. The van der Waals surface area contributed by atoms with E-state index < -0.39 is 0 Å². The minimum atomic E-state index is -0.0615. The minimum absolute atomic E-state index is 0.0615. The van der Waals surface area contributed by atoms with E-state index in [0.717, 1.165) is 30.9 Å². The number of para-hydroxylation sites is 1. The van der Waals surface area contributed by atoms with Crippen LogP contribution in [0.3, 0.4) is 0 Å². The van der Waals surface area contributed by atoms with Crippen LogP contribution in [0.25, 0.3) is 0 Å². The summed E-state index contributed by atoms with van der Waals surface area (Å²) in [7, 11) is 1.68. The van der Waals surface area contributed by atoms with Gasteiger partial charge in [-0.2, -0.15) is 0 Å². The Morgan fingerprint density at radius 3 is 2.91 bits per heavy atom. The van der Waals surface area contributed by atoms with Gasteiger partial charge in [0.15, 0.2) is 0 Å². The van der Waals surface area contributed by atoms with Crippen LogP contribution >= 0.6 is 0 Å². The number of carbonyl (C=O) groups is 1. The number of furan rings is 1. The quantitative estimate of drug-likeness (QED) is 0.922. The largest absolute Gasteiger partial charge is 0.429 e. The lowest BCUT2D eigenvalue weighted by Gasteiger charge is -2.21. The maximum Gasteiger partial charge on any atom is 0.290 e. The maximum absolute atomic E-state index is 11.9. The third kappa shape index (κ3) is 3.31. The second kappa shape index (κ2) is 6.66. The van der Waals surface area contributed by atoms with Gasteiger partial charge in [-0.25, -0.2) is 0 Å². The van der Waals surface area contributed by atoms with Crippen molar-refractivity contribution in [2.75, 3.05) is 13.6 Å². The van der Waals surface area contributed by atoms with E-state index in [9.17, 15) is 4.79 Å². The molecule has 0 spiro atoms. The number of likely N-dealkylation sites (tertiary alicyclic amines) is 1. The molecule has 116 valence electrons. The highest BCUT2D eigenvalue weighted by Crippen LogP contribution is 2.26. The van der Waals surface area contributed by atoms with Crippen molar-refractivity contribution >= 4 is 5.91 Å². The number of amides is 1. The fraction of sp³-hybridized carbons (Fsp3) is 0.353. The molecule has 1 aliphatic heterocycles. The Bertz CT molecular complexity index is 624. The molecule has 3 rings (SSSR count). The summed E-state index contributed by atoms with van der Waals surface area (Å²) < 4.78 is 11.4. The highest BCUT2D eigenvalue weighted by atomic mass is 16.6. The van der Waals surface area contributed by atoms with Crippen LogP contribution in [-0.4, -0.2) is 30.4 Å². The number of nitrogens with zero attached hydrogens (tertiary/aromatic N) is 1. The molecule has 5 heteroatoms. The molecular formula is C17H20N2O3. The fourth-order valence-corrected chi connectivity index (χ4v) is 2.78. The van der Waals surface area contributed by atoms with E-state index in [1.54, 1.807) is 7.05 Å². The van der Waals surface area contributed by atoms with E-state index >= 15 is 0 Å². The summed E-state index contributed by atoms with van der Waals surface area (Å²) in [6.45, 7) is 1.53. The highest BCUT2D eigenvalue weighted by Gasteiger charge is 2.30. The first-order valence-electron chi connectivity index (χ1n) is 7.53. The summed E-state index contributed by atoms with van der Waals surface area (Å²) in [4.78, 5) is 14.0. The first kappa shape index (κ1) is 14.7. The van der Waals surface area contributed by atoms with Crippen molar-refractivity contribution in [3.8, 4) is 11.7 Å². The molecular weight excluding hydrogens is 280 g/mol. The van der Waals surface area contributed by atoms with E-state index in [0.29, 0.717) is 12.5 Å². The third-order valence-electron chi connectivity index (χ3n) is 3.87. The number of ether oxygens (including phenoxy) is 1. The van der Waals surface area contributed by atoms with Gasteiger partial charge in [-0.05, 0) is 37.6 Å². The number of hydrogen-bond acceptors (Lipinski definition) is 4. The Morgan fingerprint density at radius 2 is 2.14 bits per heavy atom. The molecule has 5 nitrogen and oxygen atoms in total. The summed E-state index contributed by atoms with van der Waals surface area (Å²) >= 11 is 0. The second-order valence-corrected chi connectivity index (χ2v) is 5.38. The number of hydrogen-bond donors (Lipinski definition) is 1. The molecule has 1 N–H and O–H groups in total. The summed E-state index contributed by atoms with van der Waals surface area (Å²) in [5.41, 5.74) is 0. The van der Waals surface area contributed by atoms with Crippen LogP contribution in [0, 0.1) is 0 Å². The molecule has 1 aromatic heterocycles. The Labute approximate surface area is 129 Å². The summed E-state index contributed by atoms with van der Waals surface area (Å²) in [6.07, 6.45) is 1.93. The van der Waals surface area contributed by atoms with Gasteiger partial charge in [0.2, 0.25) is 5.91 Å². The monoisotopic (exact) mass is 300 g/mol. The number of carbonyl (C=O) groups excluding carboxylic acids is 1. The number of rotatable bonds is 5. The van der Waals surface area contributed by atoms with Crippen molar-refractivity contribution in [2.45, 2.75) is 25.4 Å². The van der Waals surface area contributed by atoms with Crippen LogP contribution in [0.5, 0.6) is 11.7 Å². The summed E-state index contributed by atoms with van der Waals surface area (Å²) in [5.74, 6) is 2.09. The van der Waals surface area contributed by atoms with Gasteiger partial charge < -0.3 is 14.5 Å². The molecule has 22 heavy (non-hydrogen) atoms. The summed E-state index contributed by atoms with van der Waals surface area (Å²) in [6, 6.07) is 13.2. The van der Waals surface area contributed by atoms with E-state index in [4.69, 9.17) is 9.15 Å². The van der Waals surface area contributed by atoms with E-state index in [1.165, 1.54) is 0 Å². The van der Waals surface area contributed by atoms with E-state index in [1.807, 2.05) is 42.5 Å². The lowest BCUT2D eigenvalue weighted by molar-refractivity contribution is -0.125. The van der Waals surface area contributed by atoms with Crippen LogP contribution < -0.4 is 10.1 Å². The van der Waals surface area contributed by atoms with Gasteiger partial charge in [0.25, 0.3) is 5.95 Å². The first-order chi connectivity index (χ1) is 10.8. The Kier molecular flexibility index (Phi) is 4.44. The molecule has 0 unspecified atom stereocenters. The minimum Gasteiger partial charge on any atom is -0.429 e. The zero-order chi connectivity index (χ0) is 15.4. The van der Waals surface area contributed by atoms with Gasteiger partial charge in [-0.1, -0.05) is 18.2 Å². The molecule has 0 radical (unpaired) electrons. The Hall–Kier alpha value is -2.27. The predicted octanol–water partition coefficient (Wildman–Crippen LogP) is 2.78. The van der Waals surface area contributed by atoms with Gasteiger partial charge in [0.05, 0.1) is 12.6 Å². The molecule has 1 aliphatic rings. The van der Waals surface area contributed by atoms with Gasteiger partial charge in [-0.3, -0.25) is 9.69 Å². The molecule has 2 heterocycles. The molecule has 2 aromatic rings. The van der Waals surface area contributed by atoms with Crippen molar-refractivity contribution in [3.05, 3.63) is 48.2 Å². The first-order valence-corrected chi connectivity index (χ1v) is 7.53. The van der Waals surface area contributed by atoms with Crippen LogP contribution in [0.1, 0.15) is 18.6 Å². The van der Waals surface area contributed by atoms with Crippen molar-refractivity contribution in [1.29, 1.82) is 0 Å². The SMILES string of the molecule is CNC(=O)[C@@H]1CCCN1Cc1ccc(Oc2ccccc2)o1. The zero-order valence-corrected chi connectivity index (χ0v) is 12.6. The number of likely N-dealkylation sites (N-methyl/N-ethyl adjacent to an activating group) is 1. The zero-order valence-electron chi connectivity index (χ0n) is 12.6. The van der Waals surface area contributed by atoms with Gasteiger partial charge in [0, 0.05) is 13.1 Å². The number of nitrogens with one attached hydrogen (secondary N) is 1. The van der Waals surface area contributed by atoms with Crippen molar-refractivity contribution in [1.82, 2.24) is 10.2 Å². The maximum atomic E-state index is 11.9. The van der Waals surface area contributed by atoms with E-state index in [-0.39, 0.29) is 11.9 Å². The Morgan fingerprint density at radius 1 is 1.32 bits per heavy atom. The average molecular weight is 300 g/mol. The fourth-order valence-electron chi connectivity index (χ4n) is 2.78. The molecule has 0 aliphatic carbocycles. The number of benzene rings is 1. The molecule has 1 saturated heterocycles. The Balaban J connectivity index is 1.63.